The van der Waals surface area contributed by atoms with Gasteiger partial charge < -0.3 is 10.0 Å². The van der Waals surface area contributed by atoms with E-state index in [1.54, 1.807) is 11.8 Å². The molecule has 1 amide bonds. The number of carboxylic acids is 1. The Balaban J connectivity index is 4.54. The highest BCUT2D eigenvalue weighted by Gasteiger charge is 2.32. The van der Waals surface area contributed by atoms with E-state index in [4.69, 9.17) is 0 Å². The molecule has 5 heteroatoms. The highest BCUT2D eigenvalue weighted by atomic mass is 16.4. The lowest BCUT2D eigenvalue weighted by molar-refractivity contribution is -0.144. The summed E-state index contributed by atoms with van der Waals surface area (Å²) in [6, 6.07) is 0. The maximum Gasteiger partial charge on any atom is 0.323 e. The number of carbonyl (C=O) groups excluding carboxylic acids is 1. The summed E-state index contributed by atoms with van der Waals surface area (Å²) >= 11 is 0. The van der Waals surface area contributed by atoms with Crippen LogP contribution in [-0.2, 0) is 9.59 Å². The summed E-state index contributed by atoms with van der Waals surface area (Å²) in [4.78, 5) is 24.9. The molecule has 0 spiro atoms. The normalized spacial score (nSPS) is 13.7. The molecule has 0 rings (SSSR count). The SMILES string of the molecule is C=C(C)CN(CC)C(=O)CNC(C)(CCC)C(=O)O. The van der Waals surface area contributed by atoms with E-state index in [0.717, 1.165) is 12.0 Å². The third-order valence-corrected chi connectivity index (χ3v) is 3.05. The fraction of sp³-hybridized carbons (Fsp3) is 0.714. The molecule has 0 fully saturated rings. The van der Waals surface area contributed by atoms with Gasteiger partial charge in [0, 0.05) is 13.1 Å². The number of nitrogens with one attached hydrogen (secondary N) is 1. The van der Waals surface area contributed by atoms with Crippen molar-refractivity contribution in [2.75, 3.05) is 19.6 Å². The average molecular weight is 270 g/mol. The Morgan fingerprint density at radius 1 is 1.37 bits per heavy atom. The predicted molar refractivity (Wildman–Crippen MR) is 76.0 cm³/mol. The van der Waals surface area contributed by atoms with Crippen molar-refractivity contribution in [1.29, 1.82) is 0 Å². The minimum absolute atomic E-state index is 0.0317. The van der Waals surface area contributed by atoms with E-state index in [2.05, 4.69) is 11.9 Å². The number of nitrogens with zero attached hydrogens (tertiary/aromatic N) is 1. The summed E-state index contributed by atoms with van der Waals surface area (Å²) in [5.74, 6) is -1.03. The Bertz CT molecular complexity index is 342. The molecule has 0 saturated carbocycles. The molecule has 110 valence electrons. The van der Waals surface area contributed by atoms with E-state index < -0.39 is 11.5 Å². The van der Waals surface area contributed by atoms with Crippen molar-refractivity contribution in [3.8, 4) is 0 Å². The second kappa shape index (κ2) is 7.94. The maximum atomic E-state index is 12.0. The van der Waals surface area contributed by atoms with Gasteiger partial charge in [-0.15, -0.1) is 0 Å². The summed E-state index contributed by atoms with van der Waals surface area (Å²) in [7, 11) is 0. The number of likely N-dealkylation sites (N-methyl/N-ethyl adjacent to an activating group) is 1. The van der Waals surface area contributed by atoms with Crippen molar-refractivity contribution in [2.45, 2.75) is 46.1 Å². The minimum atomic E-state index is -1.05. The van der Waals surface area contributed by atoms with Crippen molar-refractivity contribution in [3.63, 3.8) is 0 Å². The standard InChI is InChI=1S/C14H26N2O3/c1-6-8-14(5,13(18)19)15-9-12(17)16(7-2)10-11(3)4/h15H,3,6-10H2,1-2,4-5H3,(H,18,19). The Hall–Kier alpha value is -1.36. The second-order valence-electron chi connectivity index (χ2n) is 5.11. The van der Waals surface area contributed by atoms with Crippen molar-refractivity contribution in [1.82, 2.24) is 10.2 Å². The van der Waals surface area contributed by atoms with Crippen molar-refractivity contribution in [2.24, 2.45) is 0 Å². The van der Waals surface area contributed by atoms with E-state index in [1.165, 1.54) is 0 Å². The van der Waals surface area contributed by atoms with Gasteiger partial charge in [0.15, 0.2) is 0 Å². The highest BCUT2D eigenvalue weighted by molar-refractivity contribution is 5.82. The molecule has 5 nitrogen and oxygen atoms in total. The summed E-state index contributed by atoms with van der Waals surface area (Å²) in [6.45, 7) is 12.2. The molecule has 0 saturated heterocycles. The van der Waals surface area contributed by atoms with Gasteiger partial charge in [-0.1, -0.05) is 25.5 Å². The molecule has 19 heavy (non-hydrogen) atoms. The van der Waals surface area contributed by atoms with Gasteiger partial charge in [0.25, 0.3) is 0 Å². The van der Waals surface area contributed by atoms with Crippen molar-refractivity contribution >= 4 is 11.9 Å². The summed E-state index contributed by atoms with van der Waals surface area (Å²) in [5, 5.41) is 12.1. The number of rotatable bonds is 9. The molecule has 1 unspecified atom stereocenters. The molecule has 0 aliphatic rings. The van der Waals surface area contributed by atoms with Gasteiger partial charge in [0.1, 0.15) is 5.54 Å². The Morgan fingerprint density at radius 3 is 2.32 bits per heavy atom. The van der Waals surface area contributed by atoms with E-state index in [0.29, 0.717) is 19.5 Å². The quantitative estimate of drug-likeness (QED) is 0.625. The van der Waals surface area contributed by atoms with Crippen LogP contribution in [0.3, 0.4) is 0 Å². The van der Waals surface area contributed by atoms with Crippen LogP contribution in [0, 0.1) is 0 Å². The predicted octanol–water partition coefficient (Wildman–Crippen LogP) is 1.64. The Labute approximate surface area is 115 Å². The summed E-state index contributed by atoms with van der Waals surface area (Å²) in [5.41, 5.74) is -0.141. The zero-order valence-electron chi connectivity index (χ0n) is 12.5. The van der Waals surface area contributed by atoms with Gasteiger partial charge in [0.05, 0.1) is 6.54 Å². The van der Waals surface area contributed by atoms with Crippen LogP contribution < -0.4 is 5.32 Å². The second-order valence-corrected chi connectivity index (χ2v) is 5.11. The summed E-state index contributed by atoms with van der Waals surface area (Å²) in [6.07, 6.45) is 1.23. The average Bonchev–Trinajstić information content (AvgIpc) is 2.33. The molecular formula is C14H26N2O3. The fourth-order valence-corrected chi connectivity index (χ4v) is 1.86. The van der Waals surface area contributed by atoms with Gasteiger partial charge in [0.2, 0.25) is 5.91 Å². The van der Waals surface area contributed by atoms with Crippen molar-refractivity contribution < 1.29 is 14.7 Å². The number of hydrogen-bond donors (Lipinski definition) is 2. The van der Waals surface area contributed by atoms with E-state index in [9.17, 15) is 14.7 Å². The van der Waals surface area contributed by atoms with Gasteiger partial charge in [-0.25, -0.2) is 0 Å². The molecule has 0 aliphatic carbocycles. The first-order valence-corrected chi connectivity index (χ1v) is 6.67. The van der Waals surface area contributed by atoms with Crippen LogP contribution in [0.5, 0.6) is 0 Å². The molecule has 0 aromatic rings. The number of carbonyl (C=O) groups is 2. The zero-order chi connectivity index (χ0) is 15.1. The summed E-state index contributed by atoms with van der Waals surface area (Å²) < 4.78 is 0. The molecule has 0 aromatic heterocycles. The topological polar surface area (TPSA) is 69.6 Å². The van der Waals surface area contributed by atoms with Gasteiger partial charge >= 0.3 is 5.97 Å². The van der Waals surface area contributed by atoms with E-state index in [1.807, 2.05) is 20.8 Å². The lowest BCUT2D eigenvalue weighted by Crippen LogP contribution is -2.53. The number of aliphatic carboxylic acids is 1. The van der Waals surface area contributed by atoms with Crippen LogP contribution in [0.2, 0.25) is 0 Å². The third kappa shape index (κ3) is 5.87. The first kappa shape index (κ1) is 17.6. The van der Waals surface area contributed by atoms with Crippen LogP contribution in [-0.4, -0.2) is 47.1 Å². The van der Waals surface area contributed by atoms with Crippen LogP contribution in [0.25, 0.3) is 0 Å². The number of amides is 1. The highest BCUT2D eigenvalue weighted by Crippen LogP contribution is 2.12. The van der Waals surface area contributed by atoms with Gasteiger partial charge in [-0.2, -0.15) is 0 Å². The first-order valence-electron chi connectivity index (χ1n) is 6.67. The Morgan fingerprint density at radius 2 is 1.95 bits per heavy atom. The lowest BCUT2D eigenvalue weighted by atomic mass is 9.96. The maximum absolute atomic E-state index is 12.0. The Kier molecular flexibility index (Phi) is 7.37. The first-order chi connectivity index (χ1) is 8.76. The monoisotopic (exact) mass is 270 g/mol. The molecule has 0 aliphatic heterocycles. The van der Waals surface area contributed by atoms with Crippen molar-refractivity contribution in [3.05, 3.63) is 12.2 Å². The zero-order valence-corrected chi connectivity index (χ0v) is 12.5. The minimum Gasteiger partial charge on any atom is -0.480 e. The molecule has 0 heterocycles. The molecule has 0 aromatic carbocycles. The third-order valence-electron chi connectivity index (χ3n) is 3.05. The van der Waals surface area contributed by atoms with Gasteiger partial charge in [-0.3, -0.25) is 14.9 Å². The smallest absolute Gasteiger partial charge is 0.323 e. The lowest BCUT2D eigenvalue weighted by Gasteiger charge is -2.28. The van der Waals surface area contributed by atoms with E-state index >= 15 is 0 Å². The number of carboxylic acid groups (broad SMARTS) is 1. The van der Waals surface area contributed by atoms with Crippen LogP contribution in [0.4, 0.5) is 0 Å². The molecular weight excluding hydrogens is 244 g/mol. The molecule has 2 N–H and O–H groups in total. The van der Waals surface area contributed by atoms with E-state index in [-0.39, 0.29) is 12.5 Å². The van der Waals surface area contributed by atoms with Crippen LogP contribution in [0.1, 0.15) is 40.5 Å². The molecule has 0 bridgehead atoms. The largest absolute Gasteiger partial charge is 0.480 e. The number of hydrogen-bond acceptors (Lipinski definition) is 3. The molecule has 1 atom stereocenters. The van der Waals surface area contributed by atoms with Gasteiger partial charge in [-0.05, 0) is 27.2 Å². The van der Waals surface area contributed by atoms with Crippen LogP contribution >= 0.6 is 0 Å². The fourth-order valence-electron chi connectivity index (χ4n) is 1.86. The van der Waals surface area contributed by atoms with Crippen LogP contribution in [0.15, 0.2) is 12.2 Å². The molecule has 0 radical (unpaired) electrons.